The Balaban J connectivity index is 2.43. The van der Waals surface area contributed by atoms with Crippen molar-refractivity contribution in [1.82, 2.24) is 10.2 Å². The zero-order valence-corrected chi connectivity index (χ0v) is 11.3. The number of carbonyl (C=O) groups excluding carboxylic acids is 1. The van der Waals surface area contributed by atoms with Crippen LogP contribution in [-0.4, -0.2) is 41.1 Å². The van der Waals surface area contributed by atoms with Gasteiger partial charge in [-0.05, 0) is 18.8 Å². The third kappa shape index (κ3) is 4.20. The fourth-order valence-electron chi connectivity index (χ4n) is 2.26. The van der Waals surface area contributed by atoms with E-state index in [1.165, 1.54) is 0 Å². The topological polar surface area (TPSA) is 69.6 Å². The standard InChI is InChI=1S/C13H24N2O3/c1-3-5-6-11(12(16)17)14-13(18)15-8-7-10(4-2)9-15/h10-11H,3-9H2,1-2H3,(H,14,18)(H,16,17)/t10?,11-/m0/s1. The van der Waals surface area contributed by atoms with Crippen molar-refractivity contribution in [2.75, 3.05) is 13.1 Å². The van der Waals surface area contributed by atoms with Crippen molar-refractivity contribution in [2.24, 2.45) is 5.92 Å². The second-order valence-electron chi connectivity index (χ2n) is 4.99. The maximum absolute atomic E-state index is 11.9. The lowest BCUT2D eigenvalue weighted by atomic mass is 10.1. The Morgan fingerprint density at radius 2 is 2.17 bits per heavy atom. The third-order valence-corrected chi connectivity index (χ3v) is 3.59. The summed E-state index contributed by atoms with van der Waals surface area (Å²) in [6.07, 6.45) is 4.34. The van der Waals surface area contributed by atoms with Gasteiger partial charge in [0.15, 0.2) is 0 Å². The van der Waals surface area contributed by atoms with Gasteiger partial charge < -0.3 is 15.3 Å². The number of rotatable bonds is 6. The number of urea groups is 1. The zero-order chi connectivity index (χ0) is 13.5. The van der Waals surface area contributed by atoms with Gasteiger partial charge in [-0.1, -0.05) is 33.1 Å². The molecule has 0 bridgehead atoms. The summed E-state index contributed by atoms with van der Waals surface area (Å²) < 4.78 is 0. The van der Waals surface area contributed by atoms with E-state index in [9.17, 15) is 9.59 Å². The van der Waals surface area contributed by atoms with E-state index < -0.39 is 12.0 Å². The van der Waals surface area contributed by atoms with E-state index in [-0.39, 0.29) is 6.03 Å². The molecule has 2 amide bonds. The summed E-state index contributed by atoms with van der Waals surface area (Å²) in [5, 5.41) is 11.7. The van der Waals surface area contributed by atoms with Gasteiger partial charge in [-0.15, -0.1) is 0 Å². The lowest BCUT2D eigenvalue weighted by Gasteiger charge is -2.21. The van der Waals surface area contributed by atoms with Crippen molar-refractivity contribution in [2.45, 2.75) is 52.0 Å². The molecular weight excluding hydrogens is 232 g/mol. The number of hydrogen-bond acceptors (Lipinski definition) is 2. The van der Waals surface area contributed by atoms with Crippen LogP contribution in [-0.2, 0) is 4.79 Å². The number of carboxylic acid groups (broad SMARTS) is 1. The Morgan fingerprint density at radius 1 is 1.44 bits per heavy atom. The van der Waals surface area contributed by atoms with Crippen molar-refractivity contribution in [3.05, 3.63) is 0 Å². The van der Waals surface area contributed by atoms with Crippen molar-refractivity contribution in [1.29, 1.82) is 0 Å². The van der Waals surface area contributed by atoms with Crippen LogP contribution in [0.1, 0.15) is 46.0 Å². The molecule has 1 aliphatic rings. The molecule has 0 aromatic carbocycles. The fraction of sp³-hybridized carbons (Fsp3) is 0.846. The van der Waals surface area contributed by atoms with Gasteiger partial charge in [-0.25, -0.2) is 9.59 Å². The highest BCUT2D eigenvalue weighted by molar-refractivity contribution is 5.82. The lowest BCUT2D eigenvalue weighted by Crippen LogP contribution is -2.47. The molecule has 18 heavy (non-hydrogen) atoms. The second kappa shape index (κ2) is 7.24. The van der Waals surface area contributed by atoms with Crippen molar-refractivity contribution in [3.63, 3.8) is 0 Å². The first-order valence-electron chi connectivity index (χ1n) is 6.86. The van der Waals surface area contributed by atoms with E-state index in [0.717, 1.165) is 38.8 Å². The molecule has 104 valence electrons. The number of carboxylic acids is 1. The molecule has 1 aliphatic heterocycles. The van der Waals surface area contributed by atoms with E-state index in [1.807, 2.05) is 6.92 Å². The molecule has 2 N–H and O–H groups in total. The highest BCUT2D eigenvalue weighted by atomic mass is 16.4. The lowest BCUT2D eigenvalue weighted by molar-refractivity contribution is -0.139. The van der Waals surface area contributed by atoms with Crippen LogP contribution in [0.15, 0.2) is 0 Å². The third-order valence-electron chi connectivity index (χ3n) is 3.59. The molecule has 5 heteroatoms. The number of nitrogens with zero attached hydrogens (tertiary/aromatic N) is 1. The van der Waals surface area contributed by atoms with Crippen LogP contribution in [0.25, 0.3) is 0 Å². The molecule has 0 aromatic heterocycles. The average molecular weight is 256 g/mol. The number of amides is 2. The minimum absolute atomic E-state index is 0.227. The van der Waals surface area contributed by atoms with E-state index in [1.54, 1.807) is 4.90 Å². The molecule has 0 saturated carbocycles. The Morgan fingerprint density at radius 3 is 2.67 bits per heavy atom. The minimum Gasteiger partial charge on any atom is -0.480 e. The summed E-state index contributed by atoms with van der Waals surface area (Å²) in [6, 6.07) is -0.979. The number of unbranched alkanes of at least 4 members (excludes halogenated alkanes) is 1. The zero-order valence-electron chi connectivity index (χ0n) is 11.3. The van der Waals surface area contributed by atoms with Crippen LogP contribution in [0.3, 0.4) is 0 Å². The minimum atomic E-state index is -0.942. The van der Waals surface area contributed by atoms with Crippen molar-refractivity contribution < 1.29 is 14.7 Å². The number of nitrogens with one attached hydrogen (secondary N) is 1. The molecule has 1 fully saturated rings. The molecule has 0 aliphatic carbocycles. The number of likely N-dealkylation sites (tertiary alicyclic amines) is 1. The molecule has 2 atom stereocenters. The summed E-state index contributed by atoms with van der Waals surface area (Å²) in [5.74, 6) is -0.377. The number of carbonyl (C=O) groups is 2. The summed E-state index contributed by atoms with van der Waals surface area (Å²) in [4.78, 5) is 24.7. The largest absolute Gasteiger partial charge is 0.480 e. The smallest absolute Gasteiger partial charge is 0.326 e. The predicted molar refractivity (Wildman–Crippen MR) is 69.5 cm³/mol. The fourth-order valence-corrected chi connectivity index (χ4v) is 2.26. The molecule has 5 nitrogen and oxygen atoms in total. The first-order chi connectivity index (χ1) is 8.58. The SMILES string of the molecule is CCCC[C@H](NC(=O)N1CCC(CC)C1)C(=O)O. The number of hydrogen-bond donors (Lipinski definition) is 2. The summed E-state index contributed by atoms with van der Waals surface area (Å²) in [7, 11) is 0. The summed E-state index contributed by atoms with van der Waals surface area (Å²) in [5.41, 5.74) is 0. The molecule has 1 heterocycles. The van der Waals surface area contributed by atoms with Crippen LogP contribution >= 0.6 is 0 Å². The molecular formula is C13H24N2O3. The molecule has 0 aromatic rings. The highest BCUT2D eigenvalue weighted by Gasteiger charge is 2.27. The van der Waals surface area contributed by atoms with Crippen LogP contribution in [0.2, 0.25) is 0 Å². The van der Waals surface area contributed by atoms with E-state index >= 15 is 0 Å². The molecule has 1 saturated heterocycles. The first-order valence-corrected chi connectivity index (χ1v) is 6.86. The Kier molecular flexibility index (Phi) is 5.95. The summed E-state index contributed by atoms with van der Waals surface area (Å²) >= 11 is 0. The Labute approximate surface area is 109 Å². The average Bonchev–Trinajstić information content (AvgIpc) is 2.82. The van der Waals surface area contributed by atoms with Crippen molar-refractivity contribution >= 4 is 12.0 Å². The molecule has 0 spiro atoms. The van der Waals surface area contributed by atoms with Crippen LogP contribution in [0.5, 0.6) is 0 Å². The van der Waals surface area contributed by atoms with Crippen LogP contribution in [0.4, 0.5) is 4.79 Å². The maximum Gasteiger partial charge on any atom is 0.326 e. The van der Waals surface area contributed by atoms with Crippen molar-refractivity contribution in [3.8, 4) is 0 Å². The quantitative estimate of drug-likeness (QED) is 0.764. The Bertz CT molecular complexity index is 294. The molecule has 1 rings (SSSR count). The highest BCUT2D eigenvalue weighted by Crippen LogP contribution is 2.19. The van der Waals surface area contributed by atoms with Crippen LogP contribution < -0.4 is 5.32 Å². The van der Waals surface area contributed by atoms with Gasteiger partial charge in [-0.3, -0.25) is 0 Å². The van der Waals surface area contributed by atoms with Gasteiger partial charge in [0.1, 0.15) is 6.04 Å². The maximum atomic E-state index is 11.9. The van der Waals surface area contributed by atoms with Gasteiger partial charge in [-0.2, -0.15) is 0 Å². The van der Waals surface area contributed by atoms with Gasteiger partial charge in [0.05, 0.1) is 0 Å². The van der Waals surface area contributed by atoms with Crippen LogP contribution in [0, 0.1) is 5.92 Å². The number of aliphatic carboxylic acids is 1. The Hall–Kier alpha value is -1.26. The summed E-state index contributed by atoms with van der Waals surface area (Å²) in [6.45, 7) is 5.62. The van der Waals surface area contributed by atoms with E-state index in [4.69, 9.17) is 5.11 Å². The van der Waals surface area contributed by atoms with Gasteiger partial charge in [0.25, 0.3) is 0 Å². The van der Waals surface area contributed by atoms with Gasteiger partial charge >= 0.3 is 12.0 Å². The predicted octanol–water partition coefficient (Wildman–Crippen LogP) is 2.07. The molecule has 1 unspecified atom stereocenters. The normalized spacial score (nSPS) is 20.8. The van der Waals surface area contributed by atoms with Gasteiger partial charge in [0.2, 0.25) is 0 Å². The van der Waals surface area contributed by atoms with E-state index in [0.29, 0.717) is 12.3 Å². The first kappa shape index (κ1) is 14.8. The second-order valence-corrected chi connectivity index (χ2v) is 4.99. The monoisotopic (exact) mass is 256 g/mol. The van der Waals surface area contributed by atoms with E-state index in [2.05, 4.69) is 12.2 Å². The van der Waals surface area contributed by atoms with Gasteiger partial charge in [0, 0.05) is 13.1 Å². The molecule has 0 radical (unpaired) electrons.